The molecule has 1 heterocycles. The highest BCUT2D eigenvalue weighted by Crippen LogP contribution is 2.30. The highest BCUT2D eigenvalue weighted by molar-refractivity contribution is 5.90. The van der Waals surface area contributed by atoms with Crippen molar-refractivity contribution in [3.63, 3.8) is 0 Å². The van der Waals surface area contributed by atoms with Crippen LogP contribution >= 0.6 is 0 Å². The summed E-state index contributed by atoms with van der Waals surface area (Å²) in [7, 11) is 0. The minimum Gasteiger partial charge on any atom is -0.453 e. The van der Waals surface area contributed by atoms with Crippen molar-refractivity contribution in [2.45, 2.75) is 38.0 Å². The third-order valence-electron chi connectivity index (χ3n) is 4.14. The molecule has 0 aliphatic carbocycles. The van der Waals surface area contributed by atoms with Gasteiger partial charge in [0.1, 0.15) is 6.10 Å². The van der Waals surface area contributed by atoms with Crippen LogP contribution in [-0.2, 0) is 14.2 Å². The van der Waals surface area contributed by atoms with E-state index in [9.17, 15) is 14.0 Å². The average molecular weight is 357 g/mol. The summed E-state index contributed by atoms with van der Waals surface area (Å²) in [6, 6.07) is 16.6. The SMILES string of the molecule is CC[C@H]1O[C@H](OC(=O)c2ccccc2)[C@H]([18F])C1OC(=O)c1ccccc1. The van der Waals surface area contributed by atoms with Crippen LogP contribution in [0.15, 0.2) is 60.7 Å². The van der Waals surface area contributed by atoms with Crippen LogP contribution in [0.3, 0.4) is 0 Å². The molecule has 0 radical (unpaired) electrons. The lowest BCUT2D eigenvalue weighted by Gasteiger charge is -2.18. The molecule has 1 fully saturated rings. The molecule has 2 aromatic carbocycles. The summed E-state index contributed by atoms with van der Waals surface area (Å²) in [5.41, 5.74) is 0.611. The summed E-state index contributed by atoms with van der Waals surface area (Å²) in [5.74, 6) is -1.33. The molecule has 1 aliphatic rings. The normalized spacial score (nSPS) is 24.8. The predicted molar refractivity (Wildman–Crippen MR) is 91.4 cm³/mol. The standard InChI is InChI=1S/C20H19FO5/c1-2-15-17(25-18(22)13-9-5-3-6-10-13)16(21)20(24-15)26-19(23)14-11-7-4-8-12-14/h3-12,15-17,20H,2H2,1H3/t15-,16-,17?,20-/m1/s1/i21-1. The van der Waals surface area contributed by atoms with Crippen LogP contribution in [0.5, 0.6) is 0 Å². The van der Waals surface area contributed by atoms with Gasteiger partial charge in [-0.2, -0.15) is 0 Å². The summed E-state index contributed by atoms with van der Waals surface area (Å²) >= 11 is 0. The van der Waals surface area contributed by atoms with Gasteiger partial charge in [0.05, 0.1) is 11.1 Å². The predicted octanol–water partition coefficient (Wildman–Crippen LogP) is 3.54. The van der Waals surface area contributed by atoms with Crippen LogP contribution < -0.4 is 0 Å². The second-order valence-corrected chi connectivity index (χ2v) is 5.90. The van der Waals surface area contributed by atoms with E-state index in [-0.39, 0.29) is 0 Å². The molecule has 136 valence electrons. The summed E-state index contributed by atoms with van der Waals surface area (Å²) < 4.78 is 30.7. The first-order chi connectivity index (χ1) is 12.6. The number of halogens is 1. The Morgan fingerprint density at radius 1 is 0.923 bits per heavy atom. The quantitative estimate of drug-likeness (QED) is 0.766. The molecule has 5 nitrogen and oxygen atoms in total. The Labute approximate surface area is 150 Å². The van der Waals surface area contributed by atoms with E-state index in [4.69, 9.17) is 14.2 Å². The Bertz CT molecular complexity index is 749. The van der Waals surface area contributed by atoms with Gasteiger partial charge in [0, 0.05) is 0 Å². The molecule has 6 heteroatoms. The molecule has 0 aromatic heterocycles. The minimum atomic E-state index is -1.76. The van der Waals surface area contributed by atoms with Gasteiger partial charge in [0.2, 0.25) is 12.5 Å². The van der Waals surface area contributed by atoms with Gasteiger partial charge < -0.3 is 14.2 Å². The second kappa shape index (κ2) is 8.10. The molecule has 0 saturated carbocycles. The largest absolute Gasteiger partial charge is 0.453 e. The topological polar surface area (TPSA) is 61.8 Å². The Balaban J connectivity index is 1.67. The molecule has 1 saturated heterocycles. The van der Waals surface area contributed by atoms with Gasteiger partial charge in [-0.15, -0.1) is 0 Å². The number of carbonyl (C=O) groups is 2. The number of carbonyl (C=O) groups excluding carboxylic acids is 2. The van der Waals surface area contributed by atoms with Crippen molar-refractivity contribution in [3.8, 4) is 0 Å². The van der Waals surface area contributed by atoms with Crippen LogP contribution in [0.25, 0.3) is 0 Å². The molecule has 4 atom stereocenters. The zero-order chi connectivity index (χ0) is 18.5. The van der Waals surface area contributed by atoms with E-state index < -0.39 is 36.6 Å². The highest BCUT2D eigenvalue weighted by Gasteiger charge is 2.49. The molecule has 0 bridgehead atoms. The number of benzene rings is 2. The van der Waals surface area contributed by atoms with Gasteiger partial charge in [0.25, 0.3) is 0 Å². The van der Waals surface area contributed by atoms with Gasteiger partial charge in [-0.1, -0.05) is 43.3 Å². The first-order valence-corrected chi connectivity index (χ1v) is 8.41. The van der Waals surface area contributed by atoms with Gasteiger partial charge >= 0.3 is 11.9 Å². The summed E-state index contributed by atoms with van der Waals surface area (Å²) in [6.45, 7) is 1.78. The number of hydrogen-bond acceptors (Lipinski definition) is 5. The van der Waals surface area contributed by atoms with Crippen molar-refractivity contribution in [3.05, 3.63) is 71.8 Å². The number of hydrogen-bond donors (Lipinski definition) is 0. The van der Waals surface area contributed by atoms with E-state index in [2.05, 4.69) is 0 Å². The molecule has 3 rings (SSSR count). The van der Waals surface area contributed by atoms with E-state index in [1.54, 1.807) is 67.6 Å². The Morgan fingerprint density at radius 3 is 1.92 bits per heavy atom. The summed E-state index contributed by atoms with van der Waals surface area (Å²) in [5, 5.41) is 0. The molecule has 1 aliphatic heterocycles. The fourth-order valence-corrected chi connectivity index (χ4v) is 2.76. The van der Waals surface area contributed by atoms with E-state index in [0.717, 1.165) is 0 Å². The van der Waals surface area contributed by atoms with E-state index in [1.807, 2.05) is 0 Å². The number of rotatable bonds is 5. The van der Waals surface area contributed by atoms with Crippen molar-refractivity contribution < 1.29 is 28.2 Å². The van der Waals surface area contributed by atoms with Crippen molar-refractivity contribution in [1.29, 1.82) is 0 Å². The Kier molecular flexibility index (Phi) is 5.63. The van der Waals surface area contributed by atoms with Crippen molar-refractivity contribution in [2.24, 2.45) is 0 Å². The molecule has 1 unspecified atom stereocenters. The monoisotopic (exact) mass is 357 g/mol. The number of ether oxygens (including phenoxy) is 3. The zero-order valence-electron chi connectivity index (χ0n) is 14.2. The number of esters is 2. The van der Waals surface area contributed by atoms with E-state index in [1.165, 1.54) is 0 Å². The third-order valence-corrected chi connectivity index (χ3v) is 4.14. The van der Waals surface area contributed by atoms with Crippen LogP contribution in [-0.4, -0.2) is 36.6 Å². The summed E-state index contributed by atoms with van der Waals surface area (Å²) in [4.78, 5) is 24.3. The molecular formula is C20H19FO5. The Hall–Kier alpha value is -2.73. The zero-order valence-corrected chi connectivity index (χ0v) is 14.2. The molecule has 2 aromatic rings. The lowest BCUT2D eigenvalue weighted by Crippen LogP contribution is -2.35. The summed E-state index contributed by atoms with van der Waals surface area (Å²) in [6.07, 6.45) is -4.60. The van der Waals surface area contributed by atoms with Crippen molar-refractivity contribution in [1.82, 2.24) is 0 Å². The second-order valence-electron chi connectivity index (χ2n) is 5.90. The van der Waals surface area contributed by atoms with E-state index >= 15 is 0 Å². The maximum absolute atomic E-state index is 14.8. The first kappa shape index (κ1) is 18.1. The minimum absolute atomic E-state index is 0.293. The molecular weight excluding hydrogens is 338 g/mol. The highest BCUT2D eigenvalue weighted by atomic mass is 18.2. The van der Waals surface area contributed by atoms with E-state index in [0.29, 0.717) is 17.5 Å². The third kappa shape index (κ3) is 3.91. The molecule has 26 heavy (non-hydrogen) atoms. The fourth-order valence-electron chi connectivity index (χ4n) is 2.76. The fraction of sp³-hybridized carbons (Fsp3) is 0.300. The van der Waals surface area contributed by atoms with Crippen LogP contribution in [0.2, 0.25) is 0 Å². The molecule has 0 spiro atoms. The maximum atomic E-state index is 14.8. The van der Waals surface area contributed by atoms with Gasteiger partial charge in [-0.05, 0) is 30.7 Å². The van der Waals surface area contributed by atoms with Gasteiger partial charge in [-0.25, -0.2) is 14.0 Å². The van der Waals surface area contributed by atoms with Crippen LogP contribution in [0.4, 0.5) is 4.39 Å². The lowest BCUT2D eigenvalue weighted by molar-refractivity contribution is -0.121. The maximum Gasteiger partial charge on any atom is 0.340 e. The number of alkyl halides is 1. The first-order valence-electron chi connectivity index (χ1n) is 8.41. The average Bonchev–Trinajstić information content (AvgIpc) is 2.98. The Morgan fingerprint density at radius 2 is 1.42 bits per heavy atom. The smallest absolute Gasteiger partial charge is 0.340 e. The van der Waals surface area contributed by atoms with Gasteiger partial charge in [-0.3, -0.25) is 0 Å². The lowest BCUT2D eigenvalue weighted by atomic mass is 10.1. The van der Waals surface area contributed by atoms with Crippen molar-refractivity contribution >= 4 is 11.9 Å². The van der Waals surface area contributed by atoms with Crippen LogP contribution in [0, 0.1) is 0 Å². The molecule has 0 N–H and O–H groups in total. The van der Waals surface area contributed by atoms with Gasteiger partial charge in [0.15, 0.2) is 6.10 Å². The van der Waals surface area contributed by atoms with Crippen molar-refractivity contribution in [2.75, 3.05) is 0 Å². The van der Waals surface area contributed by atoms with Crippen LogP contribution in [0.1, 0.15) is 34.1 Å². The molecule has 0 amide bonds.